The van der Waals surface area contributed by atoms with Crippen LogP contribution in [0.15, 0.2) is 36.4 Å². The predicted octanol–water partition coefficient (Wildman–Crippen LogP) is 3.13. The van der Waals surface area contributed by atoms with Crippen molar-refractivity contribution in [2.45, 2.75) is 19.3 Å². The van der Waals surface area contributed by atoms with Gasteiger partial charge in [0.25, 0.3) is 0 Å². The molecule has 0 heterocycles. The molecule has 1 atom stereocenters. The third-order valence-corrected chi connectivity index (χ3v) is 3.31. The van der Waals surface area contributed by atoms with E-state index in [9.17, 15) is 19.4 Å². The summed E-state index contributed by atoms with van der Waals surface area (Å²) in [5.41, 5.74) is 1.64. The summed E-state index contributed by atoms with van der Waals surface area (Å²) < 4.78 is 12.9. The topological polar surface area (TPSA) is 57.5 Å². The Kier molecular flexibility index (Phi) is 4.03. The summed E-state index contributed by atoms with van der Waals surface area (Å²) in [6.07, 6.45) is 1.27. The van der Waals surface area contributed by atoms with Crippen LogP contribution in [0.2, 0.25) is 0 Å². The van der Waals surface area contributed by atoms with Crippen LogP contribution in [0.25, 0.3) is 0 Å². The minimum Gasteiger partial charge on any atom is -0.508 e. The lowest BCUT2D eigenvalue weighted by molar-refractivity contribution is -0.108. The van der Waals surface area contributed by atoms with Crippen LogP contribution in [0, 0.1) is 5.82 Å². The number of carbonyl (C=O) groups is 1. The molecule has 0 aliphatic carbocycles. The van der Waals surface area contributed by atoms with E-state index in [1.807, 2.05) is 6.92 Å². The minimum atomic E-state index is -0.693. The van der Waals surface area contributed by atoms with E-state index in [-0.39, 0.29) is 17.3 Å². The SMILES string of the molecule is CCc1cc(C(C=O)c2ccc(F)cc2)c(O)cc1O. The maximum atomic E-state index is 12.9. The number of aryl methyl sites for hydroxylation is 1. The molecule has 0 aromatic heterocycles. The Balaban J connectivity index is 2.51. The first-order valence-electron chi connectivity index (χ1n) is 6.32. The molecule has 0 fully saturated rings. The maximum absolute atomic E-state index is 12.9. The monoisotopic (exact) mass is 274 g/mol. The van der Waals surface area contributed by atoms with Crippen molar-refractivity contribution in [1.29, 1.82) is 0 Å². The second kappa shape index (κ2) is 5.74. The van der Waals surface area contributed by atoms with Gasteiger partial charge in [-0.25, -0.2) is 4.39 Å². The van der Waals surface area contributed by atoms with Crippen LogP contribution in [-0.4, -0.2) is 16.5 Å². The molecule has 2 N–H and O–H groups in total. The Morgan fingerprint density at radius 2 is 1.80 bits per heavy atom. The van der Waals surface area contributed by atoms with E-state index >= 15 is 0 Å². The maximum Gasteiger partial charge on any atom is 0.131 e. The Labute approximate surface area is 116 Å². The van der Waals surface area contributed by atoms with Crippen molar-refractivity contribution in [3.63, 3.8) is 0 Å². The zero-order valence-corrected chi connectivity index (χ0v) is 11.0. The van der Waals surface area contributed by atoms with Gasteiger partial charge in [-0.3, -0.25) is 0 Å². The fraction of sp³-hybridized carbons (Fsp3) is 0.188. The summed E-state index contributed by atoms with van der Waals surface area (Å²) in [5.74, 6) is -1.23. The van der Waals surface area contributed by atoms with Crippen molar-refractivity contribution >= 4 is 6.29 Å². The Bertz CT molecular complexity index is 620. The van der Waals surface area contributed by atoms with E-state index in [4.69, 9.17) is 0 Å². The summed E-state index contributed by atoms with van der Waals surface area (Å²) in [5, 5.41) is 19.6. The van der Waals surface area contributed by atoms with E-state index < -0.39 is 5.92 Å². The molecular formula is C16H15FO3. The van der Waals surface area contributed by atoms with Crippen LogP contribution in [0.5, 0.6) is 11.5 Å². The zero-order chi connectivity index (χ0) is 14.7. The Morgan fingerprint density at radius 3 is 2.35 bits per heavy atom. The average molecular weight is 274 g/mol. The number of aromatic hydroxyl groups is 2. The van der Waals surface area contributed by atoms with Gasteiger partial charge >= 0.3 is 0 Å². The average Bonchev–Trinajstić information content (AvgIpc) is 2.43. The van der Waals surface area contributed by atoms with Crippen molar-refractivity contribution in [2.75, 3.05) is 0 Å². The van der Waals surface area contributed by atoms with Gasteiger partial charge in [0, 0.05) is 11.6 Å². The fourth-order valence-corrected chi connectivity index (χ4v) is 2.17. The van der Waals surface area contributed by atoms with Gasteiger partial charge in [0.05, 0.1) is 5.92 Å². The first-order chi connectivity index (χ1) is 9.56. The van der Waals surface area contributed by atoms with E-state index in [1.165, 1.54) is 30.3 Å². The molecule has 0 radical (unpaired) electrons. The third kappa shape index (κ3) is 2.64. The second-order valence-corrected chi connectivity index (χ2v) is 4.56. The van der Waals surface area contributed by atoms with E-state index in [0.717, 1.165) is 0 Å². The van der Waals surface area contributed by atoms with Crippen LogP contribution in [0.3, 0.4) is 0 Å². The van der Waals surface area contributed by atoms with Gasteiger partial charge < -0.3 is 15.0 Å². The van der Waals surface area contributed by atoms with Gasteiger partial charge in [0.2, 0.25) is 0 Å². The lowest BCUT2D eigenvalue weighted by Crippen LogP contribution is -2.04. The highest BCUT2D eigenvalue weighted by Gasteiger charge is 2.19. The largest absolute Gasteiger partial charge is 0.508 e. The molecule has 0 spiro atoms. The molecule has 2 rings (SSSR count). The first kappa shape index (κ1) is 14.1. The molecule has 0 saturated carbocycles. The van der Waals surface area contributed by atoms with Gasteiger partial charge in [-0.05, 0) is 35.7 Å². The predicted molar refractivity (Wildman–Crippen MR) is 73.5 cm³/mol. The molecule has 0 aliphatic heterocycles. The quantitative estimate of drug-likeness (QED) is 0.842. The molecule has 3 nitrogen and oxygen atoms in total. The molecule has 0 aliphatic rings. The molecule has 20 heavy (non-hydrogen) atoms. The number of aldehydes is 1. The van der Waals surface area contributed by atoms with Crippen LogP contribution in [-0.2, 0) is 11.2 Å². The van der Waals surface area contributed by atoms with Crippen molar-refractivity contribution in [2.24, 2.45) is 0 Å². The summed E-state index contributed by atoms with van der Waals surface area (Å²) in [7, 11) is 0. The number of phenols is 2. The van der Waals surface area contributed by atoms with Crippen LogP contribution in [0.4, 0.5) is 4.39 Å². The highest BCUT2D eigenvalue weighted by molar-refractivity contribution is 5.71. The lowest BCUT2D eigenvalue weighted by Gasteiger charge is -2.15. The summed E-state index contributed by atoms with van der Waals surface area (Å²) in [6, 6.07) is 8.38. The second-order valence-electron chi connectivity index (χ2n) is 4.56. The normalized spacial score (nSPS) is 12.1. The molecule has 104 valence electrons. The smallest absolute Gasteiger partial charge is 0.131 e. The molecule has 1 unspecified atom stereocenters. The first-order valence-corrected chi connectivity index (χ1v) is 6.32. The van der Waals surface area contributed by atoms with Crippen LogP contribution < -0.4 is 0 Å². The van der Waals surface area contributed by atoms with Crippen LogP contribution in [0.1, 0.15) is 29.5 Å². The number of rotatable bonds is 4. The summed E-state index contributed by atoms with van der Waals surface area (Å²) >= 11 is 0. The molecule has 0 bridgehead atoms. The Morgan fingerprint density at radius 1 is 1.15 bits per heavy atom. The zero-order valence-electron chi connectivity index (χ0n) is 11.0. The number of hydrogen-bond donors (Lipinski definition) is 2. The molecular weight excluding hydrogens is 259 g/mol. The number of carbonyl (C=O) groups excluding carboxylic acids is 1. The number of halogens is 1. The van der Waals surface area contributed by atoms with Crippen molar-refractivity contribution in [3.05, 3.63) is 58.9 Å². The Hall–Kier alpha value is -2.36. The molecule has 2 aromatic carbocycles. The molecule has 2 aromatic rings. The van der Waals surface area contributed by atoms with E-state index in [0.29, 0.717) is 29.4 Å². The molecule has 4 heteroatoms. The summed E-state index contributed by atoms with van der Waals surface area (Å²) in [4.78, 5) is 11.4. The standard InChI is InChI=1S/C16H15FO3/c1-2-10-7-13(16(20)8-15(10)19)14(9-18)11-3-5-12(17)6-4-11/h3-9,14,19-20H,2H2,1H3. The van der Waals surface area contributed by atoms with Crippen molar-refractivity contribution in [3.8, 4) is 11.5 Å². The van der Waals surface area contributed by atoms with Crippen LogP contribution >= 0.6 is 0 Å². The lowest BCUT2D eigenvalue weighted by atomic mass is 9.90. The molecule has 0 saturated heterocycles. The van der Waals surface area contributed by atoms with E-state index in [1.54, 1.807) is 6.07 Å². The van der Waals surface area contributed by atoms with Gasteiger partial charge in [0.1, 0.15) is 23.6 Å². The van der Waals surface area contributed by atoms with Gasteiger partial charge in [-0.1, -0.05) is 19.1 Å². The van der Waals surface area contributed by atoms with Crippen molar-refractivity contribution in [1.82, 2.24) is 0 Å². The third-order valence-electron chi connectivity index (χ3n) is 3.31. The number of phenolic OH excluding ortho intramolecular Hbond substituents is 2. The van der Waals surface area contributed by atoms with Gasteiger partial charge in [0.15, 0.2) is 0 Å². The van der Waals surface area contributed by atoms with Gasteiger partial charge in [-0.2, -0.15) is 0 Å². The van der Waals surface area contributed by atoms with E-state index in [2.05, 4.69) is 0 Å². The summed E-state index contributed by atoms with van der Waals surface area (Å²) in [6.45, 7) is 1.86. The van der Waals surface area contributed by atoms with Gasteiger partial charge in [-0.15, -0.1) is 0 Å². The van der Waals surface area contributed by atoms with Crippen molar-refractivity contribution < 1.29 is 19.4 Å². The highest BCUT2D eigenvalue weighted by Crippen LogP contribution is 2.35. The minimum absolute atomic E-state index is 0.00231. The fourth-order valence-electron chi connectivity index (χ4n) is 2.17. The number of hydrogen-bond acceptors (Lipinski definition) is 3. The number of benzene rings is 2. The molecule has 0 amide bonds. The highest BCUT2D eigenvalue weighted by atomic mass is 19.1.